The van der Waals surface area contributed by atoms with Crippen LogP contribution in [0, 0.1) is 6.92 Å². The normalized spacial score (nSPS) is 13.6. The number of benzene rings is 1. The summed E-state index contributed by atoms with van der Waals surface area (Å²) in [6.07, 6.45) is 1.02. The van der Waals surface area contributed by atoms with Gasteiger partial charge in [-0.1, -0.05) is 24.6 Å². The second kappa shape index (κ2) is 6.52. The van der Waals surface area contributed by atoms with Gasteiger partial charge in [0.25, 0.3) is 0 Å². The fourth-order valence-corrected chi connectivity index (χ4v) is 3.16. The van der Waals surface area contributed by atoms with Gasteiger partial charge in [0.2, 0.25) is 10.0 Å². The van der Waals surface area contributed by atoms with E-state index in [1.807, 2.05) is 13.8 Å². The van der Waals surface area contributed by atoms with Crippen LogP contribution in [0.25, 0.3) is 0 Å². The van der Waals surface area contributed by atoms with E-state index in [1.165, 1.54) is 12.1 Å². The molecule has 1 rings (SSSR count). The fourth-order valence-electron chi connectivity index (χ4n) is 1.53. The third kappa shape index (κ3) is 3.95. The van der Waals surface area contributed by atoms with Crippen molar-refractivity contribution in [3.8, 4) is 0 Å². The predicted octanol–water partition coefficient (Wildman–Crippen LogP) is 2.09. The molecule has 1 unspecified atom stereocenters. The smallest absolute Gasteiger partial charge is 0.240 e. The standard InChI is InChI=1S/C12H18ClNO3S/c1-3-10(6-7-15)14-18(16,17)11-5-4-9(2)12(13)8-11/h4-5,8,10,14-15H,3,6-7H2,1-2H3. The minimum Gasteiger partial charge on any atom is -0.396 e. The van der Waals surface area contributed by atoms with Crippen molar-refractivity contribution in [2.75, 3.05) is 6.61 Å². The van der Waals surface area contributed by atoms with Crippen LogP contribution in [0.1, 0.15) is 25.3 Å². The third-order valence-corrected chi connectivity index (χ3v) is 4.67. The zero-order valence-electron chi connectivity index (χ0n) is 10.5. The van der Waals surface area contributed by atoms with E-state index in [2.05, 4.69) is 4.72 Å². The van der Waals surface area contributed by atoms with Crippen LogP contribution >= 0.6 is 11.6 Å². The quantitative estimate of drug-likeness (QED) is 0.843. The summed E-state index contributed by atoms with van der Waals surface area (Å²) < 4.78 is 26.7. The second-order valence-electron chi connectivity index (χ2n) is 4.15. The van der Waals surface area contributed by atoms with Gasteiger partial charge in [-0.05, 0) is 37.5 Å². The van der Waals surface area contributed by atoms with Gasteiger partial charge in [-0.3, -0.25) is 0 Å². The maximum Gasteiger partial charge on any atom is 0.240 e. The maximum atomic E-state index is 12.1. The Hall–Kier alpha value is -0.620. The first-order valence-corrected chi connectivity index (χ1v) is 7.66. The lowest BCUT2D eigenvalue weighted by Gasteiger charge is -2.16. The molecule has 6 heteroatoms. The highest BCUT2D eigenvalue weighted by molar-refractivity contribution is 7.89. The summed E-state index contributed by atoms with van der Waals surface area (Å²) in [4.78, 5) is 0.148. The molecular formula is C12H18ClNO3S. The first kappa shape index (κ1) is 15.4. The van der Waals surface area contributed by atoms with Crippen molar-refractivity contribution in [3.05, 3.63) is 28.8 Å². The molecule has 18 heavy (non-hydrogen) atoms. The first-order valence-electron chi connectivity index (χ1n) is 5.80. The highest BCUT2D eigenvalue weighted by atomic mass is 35.5. The van der Waals surface area contributed by atoms with Crippen LogP contribution < -0.4 is 4.72 Å². The van der Waals surface area contributed by atoms with Crippen molar-refractivity contribution in [2.24, 2.45) is 0 Å². The molecule has 1 atom stereocenters. The van der Waals surface area contributed by atoms with E-state index in [1.54, 1.807) is 6.07 Å². The summed E-state index contributed by atoms with van der Waals surface area (Å²) in [6.45, 7) is 3.63. The summed E-state index contributed by atoms with van der Waals surface area (Å²) in [7, 11) is -3.58. The summed E-state index contributed by atoms with van der Waals surface area (Å²) in [5.41, 5.74) is 0.831. The van der Waals surface area contributed by atoms with Gasteiger partial charge in [-0.15, -0.1) is 0 Å². The molecule has 102 valence electrons. The van der Waals surface area contributed by atoms with Gasteiger partial charge in [0.05, 0.1) is 4.90 Å². The minimum absolute atomic E-state index is 0.0460. The Morgan fingerprint density at radius 3 is 2.61 bits per heavy atom. The zero-order valence-corrected chi connectivity index (χ0v) is 12.1. The molecule has 0 aliphatic heterocycles. The van der Waals surface area contributed by atoms with E-state index in [9.17, 15) is 8.42 Å². The minimum atomic E-state index is -3.58. The number of aliphatic hydroxyl groups excluding tert-OH is 1. The van der Waals surface area contributed by atoms with Gasteiger partial charge >= 0.3 is 0 Å². The van der Waals surface area contributed by atoms with Crippen molar-refractivity contribution < 1.29 is 13.5 Å². The predicted molar refractivity (Wildman–Crippen MR) is 72.3 cm³/mol. The summed E-state index contributed by atoms with van der Waals surface area (Å²) in [5, 5.41) is 9.28. The van der Waals surface area contributed by atoms with Crippen LogP contribution in [0.15, 0.2) is 23.1 Å². The Morgan fingerprint density at radius 2 is 2.11 bits per heavy atom. The van der Waals surface area contributed by atoms with Crippen LogP contribution in [-0.2, 0) is 10.0 Å². The number of nitrogens with one attached hydrogen (secondary N) is 1. The number of halogens is 1. The van der Waals surface area contributed by atoms with E-state index >= 15 is 0 Å². The first-order chi connectivity index (χ1) is 8.40. The van der Waals surface area contributed by atoms with Crippen LogP contribution in [0.3, 0.4) is 0 Å². The maximum absolute atomic E-state index is 12.1. The van der Waals surface area contributed by atoms with E-state index in [4.69, 9.17) is 16.7 Å². The molecule has 0 radical (unpaired) electrons. The van der Waals surface area contributed by atoms with Crippen LogP contribution in [0.4, 0.5) is 0 Å². The third-order valence-electron chi connectivity index (χ3n) is 2.75. The van der Waals surface area contributed by atoms with Crippen molar-refractivity contribution in [2.45, 2.75) is 37.6 Å². The molecule has 0 saturated carbocycles. The molecule has 2 N–H and O–H groups in total. The van der Waals surface area contributed by atoms with Crippen molar-refractivity contribution >= 4 is 21.6 Å². The van der Waals surface area contributed by atoms with E-state index in [0.29, 0.717) is 17.9 Å². The van der Waals surface area contributed by atoms with Crippen molar-refractivity contribution in [1.82, 2.24) is 4.72 Å². The number of aliphatic hydroxyl groups is 1. The van der Waals surface area contributed by atoms with Crippen molar-refractivity contribution in [1.29, 1.82) is 0 Å². The molecule has 1 aromatic carbocycles. The topological polar surface area (TPSA) is 66.4 Å². The largest absolute Gasteiger partial charge is 0.396 e. The van der Waals surface area contributed by atoms with Crippen LogP contribution in [-0.4, -0.2) is 26.2 Å². The Morgan fingerprint density at radius 1 is 1.44 bits per heavy atom. The second-order valence-corrected chi connectivity index (χ2v) is 6.27. The Kier molecular flexibility index (Phi) is 5.59. The van der Waals surface area contributed by atoms with Crippen LogP contribution in [0.5, 0.6) is 0 Å². The van der Waals surface area contributed by atoms with Gasteiger partial charge < -0.3 is 5.11 Å². The van der Waals surface area contributed by atoms with Gasteiger partial charge in [0, 0.05) is 17.7 Å². The zero-order chi connectivity index (χ0) is 13.8. The number of sulfonamides is 1. The van der Waals surface area contributed by atoms with Gasteiger partial charge in [0.15, 0.2) is 0 Å². The van der Waals surface area contributed by atoms with E-state index in [-0.39, 0.29) is 17.5 Å². The van der Waals surface area contributed by atoms with Crippen LogP contribution in [0.2, 0.25) is 5.02 Å². The monoisotopic (exact) mass is 291 g/mol. The lowest BCUT2D eigenvalue weighted by atomic mass is 10.2. The van der Waals surface area contributed by atoms with E-state index in [0.717, 1.165) is 5.56 Å². The number of hydrogen-bond acceptors (Lipinski definition) is 3. The number of hydrogen-bond donors (Lipinski definition) is 2. The molecule has 0 aromatic heterocycles. The highest BCUT2D eigenvalue weighted by Gasteiger charge is 2.19. The molecule has 0 aliphatic carbocycles. The SMILES string of the molecule is CCC(CCO)NS(=O)(=O)c1ccc(C)c(Cl)c1. The summed E-state index contributed by atoms with van der Waals surface area (Å²) >= 11 is 5.92. The van der Waals surface area contributed by atoms with Crippen molar-refractivity contribution in [3.63, 3.8) is 0 Å². The molecule has 0 amide bonds. The molecule has 0 fully saturated rings. The summed E-state index contributed by atoms with van der Waals surface area (Å²) in [5.74, 6) is 0. The lowest BCUT2D eigenvalue weighted by Crippen LogP contribution is -2.35. The Balaban J connectivity index is 2.95. The average molecular weight is 292 g/mol. The molecule has 0 bridgehead atoms. The molecule has 0 saturated heterocycles. The lowest BCUT2D eigenvalue weighted by molar-refractivity contribution is 0.270. The van der Waals surface area contributed by atoms with Gasteiger partial charge in [-0.2, -0.15) is 0 Å². The number of rotatable bonds is 6. The van der Waals surface area contributed by atoms with Gasteiger partial charge in [0.1, 0.15) is 0 Å². The molecule has 1 aromatic rings. The summed E-state index contributed by atoms with van der Waals surface area (Å²) in [6, 6.07) is 4.37. The van der Waals surface area contributed by atoms with E-state index < -0.39 is 10.0 Å². The molecule has 0 spiro atoms. The molecule has 4 nitrogen and oxygen atoms in total. The highest BCUT2D eigenvalue weighted by Crippen LogP contribution is 2.20. The molecular weight excluding hydrogens is 274 g/mol. The number of aryl methyl sites for hydroxylation is 1. The Bertz CT molecular complexity index is 502. The Labute approximate surface area is 113 Å². The molecule has 0 aliphatic rings. The average Bonchev–Trinajstić information content (AvgIpc) is 2.31. The fraction of sp³-hybridized carbons (Fsp3) is 0.500. The molecule has 0 heterocycles. The van der Waals surface area contributed by atoms with Gasteiger partial charge in [-0.25, -0.2) is 13.1 Å².